The molecule has 0 saturated carbocycles. The van der Waals surface area contributed by atoms with Crippen LogP contribution in [-0.2, 0) is 10.0 Å². The zero-order valence-electron chi connectivity index (χ0n) is 9.83. The molecule has 17 heavy (non-hydrogen) atoms. The van der Waals surface area contributed by atoms with Gasteiger partial charge < -0.3 is 5.11 Å². The fraction of sp³-hybridized carbons (Fsp3) is 0.455. The van der Waals surface area contributed by atoms with E-state index in [1.807, 2.05) is 13.0 Å². The number of benzene rings is 1. The molecule has 0 heterocycles. The Labute approximate surface area is 110 Å². The number of rotatable bonds is 5. The monoisotopic (exact) mass is 321 g/mol. The van der Waals surface area contributed by atoms with Gasteiger partial charge in [0.25, 0.3) is 0 Å². The molecule has 0 aliphatic carbocycles. The van der Waals surface area contributed by atoms with Gasteiger partial charge in [-0.15, -0.1) is 0 Å². The summed E-state index contributed by atoms with van der Waals surface area (Å²) in [6.07, 6.45) is 0.408. The van der Waals surface area contributed by atoms with Crippen molar-refractivity contribution < 1.29 is 13.5 Å². The van der Waals surface area contributed by atoms with Crippen molar-refractivity contribution in [1.82, 2.24) is 4.72 Å². The lowest BCUT2D eigenvalue weighted by molar-refractivity contribution is 0.289. The van der Waals surface area contributed by atoms with Crippen LogP contribution in [0.15, 0.2) is 21.5 Å². The molecule has 0 atom stereocenters. The zero-order chi connectivity index (χ0) is 13.1. The van der Waals surface area contributed by atoms with Crippen LogP contribution in [0.25, 0.3) is 0 Å². The maximum absolute atomic E-state index is 12.0. The molecule has 0 unspecified atom stereocenters. The second-order valence-corrected chi connectivity index (χ2v) is 6.43. The van der Waals surface area contributed by atoms with Gasteiger partial charge in [0.1, 0.15) is 0 Å². The van der Waals surface area contributed by atoms with E-state index >= 15 is 0 Å². The first-order chi connectivity index (χ1) is 7.88. The highest BCUT2D eigenvalue weighted by Crippen LogP contribution is 2.24. The van der Waals surface area contributed by atoms with E-state index in [0.717, 1.165) is 10.0 Å². The smallest absolute Gasteiger partial charge is 0.240 e. The minimum Gasteiger partial charge on any atom is -0.396 e. The second-order valence-electron chi connectivity index (χ2n) is 3.84. The van der Waals surface area contributed by atoms with Gasteiger partial charge >= 0.3 is 0 Å². The third-order valence-corrected chi connectivity index (χ3v) is 4.83. The third kappa shape index (κ3) is 3.77. The maximum atomic E-state index is 12.0. The highest BCUT2D eigenvalue weighted by molar-refractivity contribution is 9.10. The number of hydrogen-bond acceptors (Lipinski definition) is 3. The van der Waals surface area contributed by atoms with E-state index in [-0.39, 0.29) is 18.0 Å². The van der Waals surface area contributed by atoms with Crippen molar-refractivity contribution in [2.45, 2.75) is 25.2 Å². The summed E-state index contributed by atoms with van der Waals surface area (Å²) >= 11 is 3.32. The van der Waals surface area contributed by atoms with Gasteiger partial charge in [0, 0.05) is 17.6 Å². The molecule has 0 aliphatic rings. The van der Waals surface area contributed by atoms with Crippen LogP contribution in [0.4, 0.5) is 0 Å². The molecule has 0 radical (unpaired) electrons. The summed E-state index contributed by atoms with van der Waals surface area (Å²) in [6.45, 7) is 3.88. The Balaban J connectivity index is 3.03. The minimum atomic E-state index is -3.49. The largest absolute Gasteiger partial charge is 0.396 e. The predicted molar refractivity (Wildman–Crippen MR) is 70.5 cm³/mol. The lowest BCUT2D eigenvalue weighted by Gasteiger charge is -2.10. The first-order valence-corrected chi connectivity index (χ1v) is 7.53. The van der Waals surface area contributed by atoms with Crippen molar-refractivity contribution in [3.8, 4) is 0 Å². The minimum absolute atomic E-state index is 0.0287. The molecular formula is C11H16BrNO3S. The van der Waals surface area contributed by atoms with E-state index in [9.17, 15) is 8.42 Å². The van der Waals surface area contributed by atoms with E-state index in [2.05, 4.69) is 20.7 Å². The van der Waals surface area contributed by atoms with Crippen LogP contribution in [0.3, 0.4) is 0 Å². The number of hydrogen-bond donors (Lipinski definition) is 2. The molecule has 4 nitrogen and oxygen atoms in total. The molecular weight excluding hydrogens is 306 g/mol. The van der Waals surface area contributed by atoms with Crippen LogP contribution in [0, 0.1) is 13.8 Å². The Morgan fingerprint density at radius 2 is 1.94 bits per heavy atom. The molecule has 0 spiro atoms. The van der Waals surface area contributed by atoms with Gasteiger partial charge in [-0.05, 0) is 37.5 Å². The van der Waals surface area contributed by atoms with Crippen LogP contribution in [0.1, 0.15) is 17.5 Å². The van der Waals surface area contributed by atoms with Crippen LogP contribution < -0.4 is 4.72 Å². The standard InChI is InChI=1S/C11H16BrNO3S/c1-8-6-9(2)11(7-10(8)12)17(15,16)13-4-3-5-14/h6-7,13-14H,3-5H2,1-2H3. The first kappa shape index (κ1) is 14.6. The molecule has 1 aromatic rings. The van der Waals surface area contributed by atoms with Crippen molar-refractivity contribution >= 4 is 26.0 Å². The summed E-state index contributed by atoms with van der Waals surface area (Å²) in [5.74, 6) is 0. The summed E-state index contributed by atoms with van der Waals surface area (Å²) < 4.78 is 27.2. The Bertz CT molecular complexity index is 500. The predicted octanol–water partition coefficient (Wildman–Crippen LogP) is 1.73. The molecule has 0 aromatic heterocycles. The molecule has 0 bridgehead atoms. The van der Waals surface area contributed by atoms with Gasteiger partial charge in [0.05, 0.1) is 4.90 Å². The molecule has 0 fully saturated rings. The molecule has 96 valence electrons. The number of aryl methyl sites for hydroxylation is 2. The normalized spacial score (nSPS) is 11.8. The van der Waals surface area contributed by atoms with Crippen LogP contribution in [0.5, 0.6) is 0 Å². The van der Waals surface area contributed by atoms with Crippen LogP contribution in [-0.4, -0.2) is 26.7 Å². The third-order valence-electron chi connectivity index (χ3n) is 2.37. The Morgan fingerprint density at radius 1 is 1.29 bits per heavy atom. The van der Waals surface area contributed by atoms with Gasteiger partial charge in [-0.2, -0.15) is 0 Å². The van der Waals surface area contributed by atoms with Gasteiger partial charge in [0.15, 0.2) is 0 Å². The quantitative estimate of drug-likeness (QED) is 0.812. The lowest BCUT2D eigenvalue weighted by Crippen LogP contribution is -2.26. The Morgan fingerprint density at radius 3 is 2.53 bits per heavy atom. The molecule has 6 heteroatoms. The van der Waals surface area contributed by atoms with Crippen molar-refractivity contribution in [2.75, 3.05) is 13.2 Å². The summed E-state index contributed by atoms with van der Waals surface area (Å²) in [5.41, 5.74) is 1.71. The number of halogens is 1. The second kappa shape index (κ2) is 5.95. The summed E-state index contributed by atoms with van der Waals surface area (Å²) in [5, 5.41) is 8.63. The number of aliphatic hydroxyl groups excluding tert-OH is 1. The number of nitrogens with one attached hydrogen (secondary N) is 1. The van der Waals surface area contributed by atoms with Crippen LogP contribution >= 0.6 is 15.9 Å². The highest BCUT2D eigenvalue weighted by Gasteiger charge is 2.17. The summed E-state index contributed by atoms with van der Waals surface area (Å²) in [7, 11) is -3.49. The van der Waals surface area contributed by atoms with E-state index in [1.165, 1.54) is 0 Å². The Hall–Kier alpha value is -0.430. The molecule has 0 amide bonds. The van der Waals surface area contributed by atoms with E-state index in [0.29, 0.717) is 12.0 Å². The zero-order valence-corrected chi connectivity index (χ0v) is 12.2. The molecule has 1 aromatic carbocycles. The van der Waals surface area contributed by atoms with E-state index < -0.39 is 10.0 Å². The SMILES string of the molecule is Cc1cc(C)c(S(=O)(=O)NCCCO)cc1Br. The van der Waals surface area contributed by atoms with Crippen molar-refractivity contribution in [1.29, 1.82) is 0 Å². The topological polar surface area (TPSA) is 66.4 Å². The average molecular weight is 322 g/mol. The van der Waals surface area contributed by atoms with E-state index in [4.69, 9.17) is 5.11 Å². The van der Waals surface area contributed by atoms with E-state index in [1.54, 1.807) is 13.0 Å². The van der Waals surface area contributed by atoms with Crippen molar-refractivity contribution in [2.24, 2.45) is 0 Å². The van der Waals surface area contributed by atoms with Gasteiger partial charge in [-0.25, -0.2) is 13.1 Å². The van der Waals surface area contributed by atoms with Gasteiger partial charge in [-0.3, -0.25) is 0 Å². The molecule has 2 N–H and O–H groups in total. The molecule has 0 aliphatic heterocycles. The summed E-state index contributed by atoms with van der Waals surface area (Å²) in [4.78, 5) is 0.271. The number of sulfonamides is 1. The average Bonchev–Trinajstić information content (AvgIpc) is 2.23. The highest BCUT2D eigenvalue weighted by atomic mass is 79.9. The van der Waals surface area contributed by atoms with Gasteiger partial charge in [-0.1, -0.05) is 22.0 Å². The maximum Gasteiger partial charge on any atom is 0.240 e. The molecule has 1 rings (SSSR count). The summed E-state index contributed by atoms with van der Waals surface area (Å²) in [6, 6.07) is 3.43. The fourth-order valence-corrected chi connectivity index (χ4v) is 3.28. The van der Waals surface area contributed by atoms with Crippen molar-refractivity contribution in [3.63, 3.8) is 0 Å². The van der Waals surface area contributed by atoms with Crippen LogP contribution in [0.2, 0.25) is 0 Å². The Kier molecular flexibility index (Phi) is 5.12. The first-order valence-electron chi connectivity index (χ1n) is 5.26. The van der Waals surface area contributed by atoms with Crippen molar-refractivity contribution in [3.05, 3.63) is 27.7 Å². The fourth-order valence-electron chi connectivity index (χ4n) is 1.46. The molecule has 0 saturated heterocycles. The number of aliphatic hydroxyl groups is 1. The lowest BCUT2D eigenvalue weighted by atomic mass is 10.2. The van der Waals surface area contributed by atoms with Gasteiger partial charge in [0.2, 0.25) is 10.0 Å².